The number of cyclic esters (lactones) is 1. The predicted molar refractivity (Wildman–Crippen MR) is 99.8 cm³/mol. The van der Waals surface area contributed by atoms with E-state index >= 15 is 0 Å². The van der Waals surface area contributed by atoms with Gasteiger partial charge in [0.25, 0.3) is 5.69 Å². The van der Waals surface area contributed by atoms with Crippen LogP contribution in [0.5, 0.6) is 0 Å². The Morgan fingerprint density at radius 3 is 2.58 bits per heavy atom. The van der Waals surface area contributed by atoms with Gasteiger partial charge >= 0.3 is 6.09 Å². The average molecular weight is 356 g/mol. The lowest BCUT2D eigenvalue weighted by Crippen LogP contribution is -2.25. The molecule has 0 aromatic heterocycles. The third-order valence-corrected chi connectivity index (χ3v) is 4.02. The van der Waals surface area contributed by atoms with E-state index in [1.807, 2.05) is 30.3 Å². The fraction of sp³-hybridized carbons (Fsp3) is 0.278. The van der Waals surface area contributed by atoms with Gasteiger partial charge in [-0.25, -0.2) is 4.79 Å². The fourth-order valence-corrected chi connectivity index (χ4v) is 2.72. The van der Waals surface area contributed by atoms with Crippen LogP contribution in [0.15, 0.2) is 48.5 Å². The summed E-state index contributed by atoms with van der Waals surface area (Å²) in [4.78, 5) is 23.8. The van der Waals surface area contributed by atoms with Gasteiger partial charge in [-0.15, -0.1) is 0 Å². The number of nitrogens with zero attached hydrogens (tertiary/aromatic N) is 2. The van der Waals surface area contributed by atoms with Gasteiger partial charge in [0.2, 0.25) is 0 Å². The molecule has 26 heavy (non-hydrogen) atoms. The lowest BCUT2D eigenvalue weighted by molar-refractivity contribution is -0.384. The molecule has 8 heteroatoms. The molecule has 2 aromatic carbocycles. The number of hydrogen-bond acceptors (Lipinski definition) is 6. The molecule has 1 amide bonds. The van der Waals surface area contributed by atoms with Crippen molar-refractivity contribution in [2.24, 2.45) is 0 Å². The maximum atomic E-state index is 11.8. The van der Waals surface area contributed by atoms with Crippen LogP contribution < -0.4 is 15.5 Å². The summed E-state index contributed by atoms with van der Waals surface area (Å²) in [7, 11) is 0. The number of nitro benzene ring substituents is 1. The largest absolute Gasteiger partial charge is 0.447 e. The average Bonchev–Trinajstić information content (AvgIpc) is 3.08. The highest BCUT2D eigenvalue weighted by Crippen LogP contribution is 2.32. The number of hydrogen-bond donors (Lipinski definition) is 2. The summed E-state index contributed by atoms with van der Waals surface area (Å²) in [5.74, 6) is 0. The molecular weight excluding hydrogens is 336 g/mol. The Morgan fingerprint density at radius 2 is 1.88 bits per heavy atom. The molecule has 1 aliphatic heterocycles. The van der Waals surface area contributed by atoms with Gasteiger partial charge in [0.1, 0.15) is 6.61 Å². The first kappa shape index (κ1) is 17.5. The van der Waals surface area contributed by atoms with Gasteiger partial charge in [0.15, 0.2) is 0 Å². The van der Waals surface area contributed by atoms with E-state index in [0.717, 1.165) is 18.7 Å². The van der Waals surface area contributed by atoms with Crippen molar-refractivity contribution in [3.63, 3.8) is 0 Å². The van der Waals surface area contributed by atoms with Gasteiger partial charge in [-0.3, -0.25) is 15.0 Å². The molecular formula is C18H20N4O4. The molecule has 0 spiro atoms. The molecule has 0 saturated carbocycles. The molecule has 136 valence electrons. The van der Waals surface area contributed by atoms with E-state index in [9.17, 15) is 14.9 Å². The summed E-state index contributed by atoms with van der Waals surface area (Å²) in [6, 6.07) is 14.4. The number of benzene rings is 2. The Kier molecular flexibility index (Phi) is 5.52. The molecule has 3 rings (SSSR count). The maximum absolute atomic E-state index is 11.8. The number of carbonyl (C=O) groups is 1. The van der Waals surface area contributed by atoms with Crippen LogP contribution in [0.3, 0.4) is 0 Å². The molecule has 0 atom stereocenters. The molecule has 0 aliphatic carbocycles. The number of non-ortho nitro benzene ring substituents is 1. The summed E-state index contributed by atoms with van der Waals surface area (Å²) in [5.41, 5.74) is 2.14. The number of carbonyl (C=O) groups excluding carboxylic acids is 1. The molecule has 1 heterocycles. The number of nitrogens with one attached hydrogen (secondary N) is 2. The number of rotatable bonds is 8. The van der Waals surface area contributed by atoms with Crippen molar-refractivity contribution in [1.29, 1.82) is 0 Å². The zero-order chi connectivity index (χ0) is 18.4. The van der Waals surface area contributed by atoms with Crippen molar-refractivity contribution < 1.29 is 14.5 Å². The molecule has 0 radical (unpaired) electrons. The lowest BCUT2D eigenvalue weighted by Gasteiger charge is -2.18. The van der Waals surface area contributed by atoms with Crippen LogP contribution in [0.2, 0.25) is 0 Å². The molecule has 0 bridgehead atoms. The van der Waals surface area contributed by atoms with Crippen molar-refractivity contribution in [3.8, 4) is 0 Å². The van der Waals surface area contributed by atoms with Gasteiger partial charge in [-0.05, 0) is 24.6 Å². The number of anilines is 3. The minimum atomic E-state index is -0.487. The summed E-state index contributed by atoms with van der Waals surface area (Å²) >= 11 is 0. The Labute approximate surface area is 150 Å². The summed E-state index contributed by atoms with van der Waals surface area (Å²) < 4.78 is 4.95. The molecule has 1 saturated heterocycles. The minimum Gasteiger partial charge on any atom is -0.447 e. The topological polar surface area (TPSA) is 96.7 Å². The SMILES string of the molecule is O=C1OCCN1c1cc([N+](=O)[O-])ccc1NCCCNc1ccccc1. The zero-order valence-corrected chi connectivity index (χ0v) is 14.2. The normalized spacial score (nSPS) is 13.4. The maximum Gasteiger partial charge on any atom is 0.414 e. The number of amides is 1. The zero-order valence-electron chi connectivity index (χ0n) is 14.2. The number of nitro groups is 1. The fourth-order valence-electron chi connectivity index (χ4n) is 2.72. The molecule has 0 unspecified atom stereocenters. The molecule has 1 fully saturated rings. The van der Waals surface area contributed by atoms with Crippen LogP contribution in [0, 0.1) is 10.1 Å². The van der Waals surface area contributed by atoms with Crippen LogP contribution in [-0.2, 0) is 4.74 Å². The van der Waals surface area contributed by atoms with Gasteiger partial charge in [0, 0.05) is 30.9 Å². The summed E-state index contributed by atoms with van der Waals surface area (Å²) in [6.07, 6.45) is 0.356. The van der Waals surface area contributed by atoms with E-state index < -0.39 is 11.0 Å². The molecule has 2 aromatic rings. The van der Waals surface area contributed by atoms with Gasteiger partial charge < -0.3 is 15.4 Å². The van der Waals surface area contributed by atoms with E-state index in [4.69, 9.17) is 4.74 Å². The van der Waals surface area contributed by atoms with Crippen LogP contribution in [0.4, 0.5) is 27.5 Å². The van der Waals surface area contributed by atoms with Crippen LogP contribution >= 0.6 is 0 Å². The van der Waals surface area contributed by atoms with Crippen molar-refractivity contribution >= 4 is 28.8 Å². The van der Waals surface area contributed by atoms with Crippen molar-refractivity contribution in [3.05, 3.63) is 58.6 Å². The van der Waals surface area contributed by atoms with Crippen molar-refractivity contribution in [2.45, 2.75) is 6.42 Å². The van der Waals surface area contributed by atoms with Crippen LogP contribution in [0.25, 0.3) is 0 Å². The van der Waals surface area contributed by atoms with E-state index in [0.29, 0.717) is 24.5 Å². The quantitative estimate of drug-likeness (QED) is 0.427. The second-order valence-electron chi connectivity index (χ2n) is 5.80. The molecule has 8 nitrogen and oxygen atoms in total. The number of para-hydroxylation sites is 1. The van der Waals surface area contributed by atoms with E-state index in [1.165, 1.54) is 17.0 Å². The Balaban J connectivity index is 1.61. The minimum absolute atomic E-state index is 0.0593. The summed E-state index contributed by atoms with van der Waals surface area (Å²) in [6.45, 7) is 2.10. The van der Waals surface area contributed by atoms with E-state index in [2.05, 4.69) is 10.6 Å². The monoisotopic (exact) mass is 356 g/mol. The first-order valence-electron chi connectivity index (χ1n) is 8.40. The van der Waals surface area contributed by atoms with Crippen LogP contribution in [-0.4, -0.2) is 37.3 Å². The highest BCUT2D eigenvalue weighted by molar-refractivity contribution is 5.94. The molecule has 1 aliphatic rings. The third-order valence-electron chi connectivity index (χ3n) is 4.02. The first-order chi connectivity index (χ1) is 12.6. The first-order valence-corrected chi connectivity index (χ1v) is 8.40. The van der Waals surface area contributed by atoms with Gasteiger partial charge in [0.05, 0.1) is 22.8 Å². The molecule has 2 N–H and O–H groups in total. The second kappa shape index (κ2) is 8.19. The predicted octanol–water partition coefficient (Wildman–Crippen LogP) is 3.47. The highest BCUT2D eigenvalue weighted by atomic mass is 16.6. The Morgan fingerprint density at radius 1 is 1.12 bits per heavy atom. The van der Waals surface area contributed by atoms with Crippen molar-refractivity contribution in [1.82, 2.24) is 0 Å². The smallest absolute Gasteiger partial charge is 0.414 e. The van der Waals surface area contributed by atoms with Crippen molar-refractivity contribution in [2.75, 3.05) is 41.8 Å². The number of ether oxygens (including phenoxy) is 1. The lowest BCUT2D eigenvalue weighted by atomic mass is 10.2. The highest BCUT2D eigenvalue weighted by Gasteiger charge is 2.27. The Hall–Kier alpha value is -3.29. The second-order valence-corrected chi connectivity index (χ2v) is 5.80. The Bertz CT molecular complexity index is 782. The van der Waals surface area contributed by atoms with Gasteiger partial charge in [-0.1, -0.05) is 18.2 Å². The van der Waals surface area contributed by atoms with Gasteiger partial charge in [-0.2, -0.15) is 0 Å². The summed E-state index contributed by atoms with van der Waals surface area (Å²) in [5, 5.41) is 17.6. The van der Waals surface area contributed by atoms with E-state index in [-0.39, 0.29) is 12.3 Å². The third kappa shape index (κ3) is 4.21. The van der Waals surface area contributed by atoms with E-state index in [1.54, 1.807) is 6.07 Å². The van der Waals surface area contributed by atoms with Crippen LogP contribution in [0.1, 0.15) is 6.42 Å². The standard InChI is InChI=1S/C18H20N4O4/c23-18-21(11-12-26-18)17-13-15(22(24)25)7-8-16(17)20-10-4-9-19-14-5-2-1-3-6-14/h1-3,5-8,13,19-20H,4,9-12H2.